The second-order valence-electron chi connectivity index (χ2n) is 4.70. The predicted octanol–water partition coefficient (Wildman–Crippen LogP) is 1.57. The minimum Gasteiger partial charge on any atom is -0.279 e. The van der Waals surface area contributed by atoms with Gasteiger partial charge in [0.2, 0.25) is 11.8 Å². The zero-order chi connectivity index (χ0) is 10.2. The van der Waals surface area contributed by atoms with Gasteiger partial charge in [0.05, 0.1) is 0 Å². The summed E-state index contributed by atoms with van der Waals surface area (Å²) in [6.07, 6.45) is 0.776. The van der Waals surface area contributed by atoms with E-state index in [4.69, 9.17) is 0 Å². The van der Waals surface area contributed by atoms with Crippen LogP contribution < -0.4 is 0 Å². The minimum atomic E-state index is -0.0321. The van der Waals surface area contributed by atoms with Crippen LogP contribution in [0.25, 0.3) is 0 Å². The molecule has 2 amide bonds. The molecule has 13 heavy (non-hydrogen) atoms. The number of likely N-dealkylation sites (tertiary alicyclic amines) is 1. The zero-order valence-electron chi connectivity index (χ0n) is 8.76. The highest BCUT2D eigenvalue weighted by atomic mass is 16.2. The summed E-state index contributed by atoms with van der Waals surface area (Å²) in [4.78, 5) is 24.2. The molecule has 1 aliphatic heterocycles. The lowest BCUT2D eigenvalue weighted by atomic mass is 9.87. The standard InChI is InChI=1S/C10H17NO2/c1-7(10(2,3)4)11-8(12)5-6-9(11)13/h7H,5-6H2,1-4H3/t7-/m1/s1. The lowest BCUT2D eigenvalue weighted by Gasteiger charge is -2.33. The first-order chi connectivity index (χ1) is 5.84. The molecule has 0 unspecified atom stereocenters. The lowest BCUT2D eigenvalue weighted by molar-refractivity contribution is -0.143. The molecule has 1 rings (SSSR count). The van der Waals surface area contributed by atoms with E-state index < -0.39 is 0 Å². The van der Waals surface area contributed by atoms with Crippen LogP contribution >= 0.6 is 0 Å². The smallest absolute Gasteiger partial charge is 0.229 e. The molecule has 3 heteroatoms. The molecule has 1 heterocycles. The highest BCUT2D eigenvalue weighted by Gasteiger charge is 2.37. The van der Waals surface area contributed by atoms with Crippen molar-refractivity contribution < 1.29 is 9.59 Å². The van der Waals surface area contributed by atoms with Gasteiger partial charge in [-0.05, 0) is 12.3 Å². The van der Waals surface area contributed by atoms with Gasteiger partial charge in [-0.1, -0.05) is 20.8 Å². The average molecular weight is 183 g/mol. The van der Waals surface area contributed by atoms with Crippen molar-refractivity contribution >= 4 is 11.8 Å². The Balaban J connectivity index is 2.82. The number of hydrogen-bond donors (Lipinski definition) is 0. The van der Waals surface area contributed by atoms with E-state index in [2.05, 4.69) is 0 Å². The van der Waals surface area contributed by atoms with E-state index in [9.17, 15) is 9.59 Å². The Morgan fingerprint density at radius 1 is 1.15 bits per heavy atom. The molecule has 0 spiro atoms. The van der Waals surface area contributed by atoms with E-state index in [-0.39, 0.29) is 23.3 Å². The maximum Gasteiger partial charge on any atom is 0.229 e. The molecule has 1 atom stereocenters. The molecular formula is C10H17NO2. The van der Waals surface area contributed by atoms with Crippen LogP contribution in [0.4, 0.5) is 0 Å². The molecule has 0 bridgehead atoms. The summed E-state index contributed by atoms with van der Waals surface area (Å²) in [5.41, 5.74) is -0.0321. The first-order valence-corrected chi connectivity index (χ1v) is 4.69. The maximum absolute atomic E-state index is 11.4. The highest BCUT2D eigenvalue weighted by Crippen LogP contribution is 2.27. The van der Waals surface area contributed by atoms with Crippen molar-refractivity contribution in [1.82, 2.24) is 4.90 Å². The molecular weight excluding hydrogens is 166 g/mol. The van der Waals surface area contributed by atoms with E-state index in [1.165, 1.54) is 4.90 Å². The number of hydrogen-bond acceptors (Lipinski definition) is 2. The summed E-state index contributed by atoms with van der Waals surface area (Å²) in [6.45, 7) is 8.05. The van der Waals surface area contributed by atoms with E-state index in [0.29, 0.717) is 12.8 Å². The van der Waals surface area contributed by atoms with Crippen molar-refractivity contribution in [2.24, 2.45) is 5.41 Å². The molecule has 1 saturated heterocycles. The molecule has 0 N–H and O–H groups in total. The first-order valence-electron chi connectivity index (χ1n) is 4.69. The van der Waals surface area contributed by atoms with Gasteiger partial charge < -0.3 is 0 Å². The molecule has 1 fully saturated rings. The summed E-state index contributed by atoms with van der Waals surface area (Å²) in [5, 5.41) is 0. The number of rotatable bonds is 1. The molecule has 0 aromatic carbocycles. The molecule has 0 aliphatic carbocycles. The third-order valence-corrected chi connectivity index (χ3v) is 2.73. The van der Waals surface area contributed by atoms with E-state index in [1.807, 2.05) is 27.7 Å². The van der Waals surface area contributed by atoms with Crippen molar-refractivity contribution in [3.63, 3.8) is 0 Å². The van der Waals surface area contributed by atoms with Crippen LogP contribution in [0.2, 0.25) is 0 Å². The van der Waals surface area contributed by atoms with Crippen LogP contribution in [-0.4, -0.2) is 22.8 Å². The van der Waals surface area contributed by atoms with Crippen LogP contribution in [-0.2, 0) is 9.59 Å². The molecule has 74 valence electrons. The number of amides is 2. The summed E-state index contributed by atoms with van der Waals surface area (Å²) in [6, 6.07) is -0.00463. The van der Waals surface area contributed by atoms with Crippen LogP contribution in [0, 0.1) is 5.41 Å². The fourth-order valence-electron chi connectivity index (χ4n) is 1.41. The van der Waals surface area contributed by atoms with Crippen molar-refractivity contribution in [1.29, 1.82) is 0 Å². The number of imide groups is 1. The van der Waals surface area contributed by atoms with E-state index >= 15 is 0 Å². The topological polar surface area (TPSA) is 37.4 Å². The van der Waals surface area contributed by atoms with Gasteiger partial charge in [-0.25, -0.2) is 0 Å². The fraction of sp³-hybridized carbons (Fsp3) is 0.800. The summed E-state index contributed by atoms with van der Waals surface area (Å²) >= 11 is 0. The monoisotopic (exact) mass is 183 g/mol. The highest BCUT2D eigenvalue weighted by molar-refractivity contribution is 6.02. The van der Waals surface area contributed by atoms with Gasteiger partial charge in [-0.3, -0.25) is 14.5 Å². The Morgan fingerprint density at radius 2 is 1.54 bits per heavy atom. The Labute approximate surface area is 79.1 Å². The van der Waals surface area contributed by atoms with Gasteiger partial charge in [0.25, 0.3) is 0 Å². The normalized spacial score (nSPS) is 21.1. The van der Waals surface area contributed by atoms with Gasteiger partial charge in [0.1, 0.15) is 0 Å². The van der Waals surface area contributed by atoms with Crippen LogP contribution in [0.3, 0.4) is 0 Å². The molecule has 0 radical (unpaired) electrons. The van der Waals surface area contributed by atoms with Gasteiger partial charge in [-0.15, -0.1) is 0 Å². The Hall–Kier alpha value is -0.860. The Morgan fingerprint density at radius 3 is 1.85 bits per heavy atom. The molecule has 0 aromatic rings. The van der Waals surface area contributed by atoms with Crippen LogP contribution in [0.5, 0.6) is 0 Å². The van der Waals surface area contributed by atoms with Crippen molar-refractivity contribution in [3.05, 3.63) is 0 Å². The third kappa shape index (κ3) is 1.90. The predicted molar refractivity (Wildman–Crippen MR) is 50.0 cm³/mol. The zero-order valence-corrected chi connectivity index (χ0v) is 8.76. The Bertz CT molecular complexity index is 224. The number of carbonyl (C=O) groups excluding carboxylic acids is 2. The Kier molecular flexibility index (Phi) is 2.46. The van der Waals surface area contributed by atoms with Crippen molar-refractivity contribution in [3.8, 4) is 0 Å². The van der Waals surface area contributed by atoms with Crippen LogP contribution in [0.1, 0.15) is 40.5 Å². The SMILES string of the molecule is C[C@@H](N1C(=O)CCC1=O)C(C)(C)C. The second kappa shape index (κ2) is 3.13. The minimum absolute atomic E-state index is 0.00463. The van der Waals surface area contributed by atoms with E-state index in [0.717, 1.165) is 0 Å². The van der Waals surface area contributed by atoms with Crippen LogP contribution in [0.15, 0.2) is 0 Å². The number of nitrogens with zero attached hydrogens (tertiary/aromatic N) is 1. The lowest BCUT2D eigenvalue weighted by Crippen LogP contribution is -2.44. The van der Waals surface area contributed by atoms with Gasteiger partial charge >= 0.3 is 0 Å². The first kappa shape index (κ1) is 10.2. The van der Waals surface area contributed by atoms with Gasteiger partial charge in [0.15, 0.2) is 0 Å². The molecule has 1 aliphatic rings. The maximum atomic E-state index is 11.4. The summed E-state index contributed by atoms with van der Waals surface area (Å²) in [5.74, 6) is -0.0418. The van der Waals surface area contributed by atoms with Gasteiger partial charge in [0, 0.05) is 18.9 Å². The van der Waals surface area contributed by atoms with E-state index in [1.54, 1.807) is 0 Å². The molecule has 3 nitrogen and oxygen atoms in total. The quantitative estimate of drug-likeness (QED) is 0.579. The second-order valence-corrected chi connectivity index (χ2v) is 4.70. The molecule has 0 aromatic heterocycles. The fourth-order valence-corrected chi connectivity index (χ4v) is 1.41. The molecule has 0 saturated carbocycles. The average Bonchev–Trinajstić information content (AvgIpc) is 2.28. The van der Waals surface area contributed by atoms with Crippen molar-refractivity contribution in [2.45, 2.75) is 46.6 Å². The number of carbonyl (C=O) groups is 2. The third-order valence-electron chi connectivity index (χ3n) is 2.73. The summed E-state index contributed by atoms with van der Waals surface area (Å²) < 4.78 is 0. The van der Waals surface area contributed by atoms with Crippen molar-refractivity contribution in [2.75, 3.05) is 0 Å². The largest absolute Gasteiger partial charge is 0.279 e. The summed E-state index contributed by atoms with van der Waals surface area (Å²) in [7, 11) is 0. The van der Waals surface area contributed by atoms with Gasteiger partial charge in [-0.2, -0.15) is 0 Å².